The average molecular weight is 259 g/mol. The molecule has 2 aromatic heterocycles. The van der Waals surface area contributed by atoms with Crippen molar-refractivity contribution < 1.29 is 0 Å². The van der Waals surface area contributed by atoms with Crippen LogP contribution in [0.4, 0.5) is 5.69 Å². The van der Waals surface area contributed by atoms with Gasteiger partial charge in [-0.2, -0.15) is 0 Å². The van der Waals surface area contributed by atoms with Gasteiger partial charge < -0.3 is 10.7 Å². The SMILES string of the molecule is Cc1cnc(Cl)nc1-c1c[nH]c2c(N)cccc12. The first-order valence-corrected chi connectivity index (χ1v) is 5.89. The van der Waals surface area contributed by atoms with Crippen LogP contribution < -0.4 is 5.73 Å². The number of nitrogens with one attached hydrogen (secondary N) is 1. The molecule has 90 valence electrons. The summed E-state index contributed by atoms with van der Waals surface area (Å²) >= 11 is 5.86. The van der Waals surface area contributed by atoms with Crippen LogP contribution in [-0.2, 0) is 0 Å². The van der Waals surface area contributed by atoms with E-state index >= 15 is 0 Å². The van der Waals surface area contributed by atoms with E-state index in [0.717, 1.165) is 33.4 Å². The molecule has 3 rings (SSSR count). The lowest BCUT2D eigenvalue weighted by molar-refractivity contribution is 1.14. The molecule has 0 fully saturated rings. The van der Waals surface area contributed by atoms with Crippen molar-refractivity contribution in [2.75, 3.05) is 5.73 Å². The van der Waals surface area contributed by atoms with Crippen molar-refractivity contribution in [1.29, 1.82) is 0 Å². The zero-order chi connectivity index (χ0) is 12.7. The van der Waals surface area contributed by atoms with Crippen molar-refractivity contribution in [2.24, 2.45) is 0 Å². The fraction of sp³-hybridized carbons (Fsp3) is 0.0769. The number of anilines is 1. The molecule has 0 unspecified atom stereocenters. The summed E-state index contributed by atoms with van der Waals surface area (Å²) in [5.41, 5.74) is 10.3. The highest BCUT2D eigenvalue weighted by Gasteiger charge is 2.12. The Morgan fingerprint density at radius 3 is 3.00 bits per heavy atom. The lowest BCUT2D eigenvalue weighted by Gasteiger charge is -2.03. The molecular weight excluding hydrogens is 248 g/mol. The molecule has 0 amide bonds. The number of hydrogen-bond donors (Lipinski definition) is 2. The molecule has 18 heavy (non-hydrogen) atoms. The Balaban J connectivity index is 2.32. The molecule has 0 saturated heterocycles. The maximum Gasteiger partial charge on any atom is 0.222 e. The van der Waals surface area contributed by atoms with Gasteiger partial charge in [0.25, 0.3) is 0 Å². The number of aryl methyl sites for hydroxylation is 1. The number of aromatic amines is 1. The van der Waals surface area contributed by atoms with Gasteiger partial charge in [-0.15, -0.1) is 0 Å². The van der Waals surface area contributed by atoms with Gasteiger partial charge in [-0.25, -0.2) is 9.97 Å². The van der Waals surface area contributed by atoms with Crippen molar-refractivity contribution in [2.45, 2.75) is 6.92 Å². The van der Waals surface area contributed by atoms with Crippen LogP contribution in [-0.4, -0.2) is 15.0 Å². The van der Waals surface area contributed by atoms with Crippen LogP contribution >= 0.6 is 11.6 Å². The first kappa shape index (κ1) is 11.0. The Morgan fingerprint density at radius 1 is 1.33 bits per heavy atom. The van der Waals surface area contributed by atoms with Crippen molar-refractivity contribution in [3.63, 3.8) is 0 Å². The van der Waals surface area contributed by atoms with E-state index in [2.05, 4.69) is 15.0 Å². The van der Waals surface area contributed by atoms with E-state index in [1.165, 1.54) is 0 Å². The maximum absolute atomic E-state index is 5.93. The van der Waals surface area contributed by atoms with Crippen LogP contribution in [0.5, 0.6) is 0 Å². The number of aromatic nitrogens is 3. The Morgan fingerprint density at radius 2 is 2.17 bits per heavy atom. The molecule has 0 aliphatic carbocycles. The molecule has 2 heterocycles. The minimum absolute atomic E-state index is 0.244. The number of halogens is 1. The number of hydrogen-bond acceptors (Lipinski definition) is 3. The topological polar surface area (TPSA) is 67.6 Å². The number of nitrogens with zero attached hydrogens (tertiary/aromatic N) is 2. The zero-order valence-electron chi connectivity index (χ0n) is 9.74. The molecular formula is C13H11ClN4. The maximum atomic E-state index is 5.93. The average Bonchev–Trinajstić information content (AvgIpc) is 2.77. The molecule has 0 bridgehead atoms. The van der Waals surface area contributed by atoms with Crippen LogP contribution in [0.3, 0.4) is 0 Å². The molecule has 3 N–H and O–H groups in total. The standard InChI is InChI=1S/C13H11ClN4/c1-7-5-17-13(14)18-11(7)9-6-16-12-8(9)3-2-4-10(12)15/h2-6,16H,15H2,1H3. The van der Waals surface area contributed by atoms with Crippen LogP contribution in [0.2, 0.25) is 5.28 Å². The summed E-state index contributed by atoms with van der Waals surface area (Å²) in [6.07, 6.45) is 3.61. The molecule has 5 heteroatoms. The first-order valence-electron chi connectivity index (χ1n) is 5.52. The van der Waals surface area contributed by atoms with E-state index in [-0.39, 0.29) is 5.28 Å². The third-order valence-electron chi connectivity index (χ3n) is 2.95. The molecule has 0 saturated carbocycles. The monoisotopic (exact) mass is 258 g/mol. The van der Waals surface area contributed by atoms with Crippen LogP contribution in [0, 0.1) is 6.92 Å². The Kier molecular flexibility index (Phi) is 2.45. The van der Waals surface area contributed by atoms with Gasteiger partial charge in [0, 0.05) is 23.3 Å². The molecule has 3 aromatic rings. The van der Waals surface area contributed by atoms with Crippen LogP contribution in [0.1, 0.15) is 5.56 Å². The van der Waals surface area contributed by atoms with E-state index in [9.17, 15) is 0 Å². The van der Waals surface area contributed by atoms with Gasteiger partial charge in [0.15, 0.2) is 0 Å². The minimum Gasteiger partial charge on any atom is -0.397 e. The van der Waals surface area contributed by atoms with Crippen molar-refractivity contribution >= 4 is 28.2 Å². The molecule has 1 aromatic carbocycles. The Hall–Kier alpha value is -2.07. The van der Waals surface area contributed by atoms with E-state index in [0.29, 0.717) is 0 Å². The van der Waals surface area contributed by atoms with E-state index < -0.39 is 0 Å². The fourth-order valence-electron chi connectivity index (χ4n) is 2.07. The summed E-state index contributed by atoms with van der Waals surface area (Å²) in [5, 5.41) is 1.28. The highest BCUT2D eigenvalue weighted by molar-refractivity contribution is 6.28. The van der Waals surface area contributed by atoms with Gasteiger partial charge in [-0.3, -0.25) is 0 Å². The Labute approximate surface area is 109 Å². The second-order valence-electron chi connectivity index (χ2n) is 4.14. The normalized spacial score (nSPS) is 11.0. The smallest absolute Gasteiger partial charge is 0.222 e. The van der Waals surface area contributed by atoms with Crippen molar-refractivity contribution in [1.82, 2.24) is 15.0 Å². The molecule has 4 nitrogen and oxygen atoms in total. The van der Waals surface area contributed by atoms with E-state index in [1.807, 2.05) is 31.3 Å². The third-order valence-corrected chi connectivity index (χ3v) is 3.13. The first-order chi connectivity index (χ1) is 8.66. The van der Waals surface area contributed by atoms with Gasteiger partial charge in [-0.1, -0.05) is 12.1 Å². The van der Waals surface area contributed by atoms with Crippen LogP contribution in [0.25, 0.3) is 22.2 Å². The summed E-state index contributed by atoms with van der Waals surface area (Å²) < 4.78 is 0. The van der Waals surface area contributed by atoms with Gasteiger partial charge in [0.2, 0.25) is 5.28 Å². The van der Waals surface area contributed by atoms with E-state index in [1.54, 1.807) is 6.20 Å². The highest BCUT2D eigenvalue weighted by Crippen LogP contribution is 2.31. The second kappa shape index (κ2) is 3.99. The lowest BCUT2D eigenvalue weighted by atomic mass is 10.1. The number of para-hydroxylation sites is 1. The summed E-state index contributed by atoms with van der Waals surface area (Å²) in [5.74, 6) is 0. The number of nitrogen functional groups attached to an aromatic ring is 1. The van der Waals surface area contributed by atoms with Gasteiger partial charge >= 0.3 is 0 Å². The van der Waals surface area contributed by atoms with Crippen molar-refractivity contribution in [3.05, 3.63) is 41.4 Å². The molecule has 0 radical (unpaired) electrons. The molecule has 0 atom stereocenters. The summed E-state index contributed by atoms with van der Waals surface area (Å²) in [6, 6.07) is 5.79. The second-order valence-corrected chi connectivity index (χ2v) is 4.48. The zero-order valence-corrected chi connectivity index (χ0v) is 10.5. The minimum atomic E-state index is 0.244. The predicted molar refractivity (Wildman–Crippen MR) is 73.5 cm³/mol. The predicted octanol–water partition coefficient (Wildman–Crippen LogP) is 3.17. The quantitative estimate of drug-likeness (QED) is 0.520. The summed E-state index contributed by atoms with van der Waals surface area (Å²) in [4.78, 5) is 11.4. The lowest BCUT2D eigenvalue weighted by Crippen LogP contribution is -1.91. The fourth-order valence-corrected chi connectivity index (χ4v) is 2.20. The molecule has 0 aliphatic rings. The van der Waals surface area contributed by atoms with Gasteiger partial charge in [0.05, 0.1) is 16.9 Å². The van der Waals surface area contributed by atoms with Gasteiger partial charge in [0.1, 0.15) is 0 Å². The third kappa shape index (κ3) is 1.62. The van der Waals surface area contributed by atoms with E-state index in [4.69, 9.17) is 17.3 Å². The summed E-state index contributed by atoms with van der Waals surface area (Å²) in [7, 11) is 0. The largest absolute Gasteiger partial charge is 0.397 e. The number of fused-ring (bicyclic) bond motifs is 1. The highest BCUT2D eigenvalue weighted by atomic mass is 35.5. The van der Waals surface area contributed by atoms with Gasteiger partial charge in [-0.05, 0) is 30.2 Å². The Bertz CT molecular complexity index is 733. The number of rotatable bonds is 1. The number of H-pyrrole nitrogens is 1. The molecule has 0 spiro atoms. The summed E-state index contributed by atoms with van der Waals surface area (Å²) in [6.45, 7) is 1.96. The molecule has 0 aliphatic heterocycles. The number of nitrogens with two attached hydrogens (primary N) is 1. The van der Waals surface area contributed by atoms with Crippen LogP contribution in [0.15, 0.2) is 30.6 Å². The van der Waals surface area contributed by atoms with Crippen molar-refractivity contribution in [3.8, 4) is 11.3 Å². The number of benzene rings is 1.